The zero-order chi connectivity index (χ0) is 23.6. The van der Waals surface area contributed by atoms with Crippen LogP contribution in [0, 0.1) is 0 Å². The summed E-state index contributed by atoms with van der Waals surface area (Å²) in [5.74, 6) is 1.01. The van der Waals surface area contributed by atoms with E-state index in [2.05, 4.69) is 105 Å². The molecule has 0 spiro atoms. The molecule has 35 heavy (non-hydrogen) atoms. The van der Waals surface area contributed by atoms with Gasteiger partial charge >= 0.3 is 0 Å². The van der Waals surface area contributed by atoms with Gasteiger partial charge in [-0.1, -0.05) is 84.9 Å². The van der Waals surface area contributed by atoms with E-state index in [0.717, 1.165) is 30.5 Å². The summed E-state index contributed by atoms with van der Waals surface area (Å²) in [7, 11) is 0. The third kappa shape index (κ3) is 4.17. The highest BCUT2D eigenvalue weighted by Crippen LogP contribution is 2.44. The third-order valence-electron chi connectivity index (χ3n) is 7.16. The summed E-state index contributed by atoms with van der Waals surface area (Å²) in [5, 5.41) is 15.2. The minimum absolute atomic E-state index is 0.128. The average Bonchev–Trinajstić information content (AvgIpc) is 3.52. The summed E-state index contributed by atoms with van der Waals surface area (Å²) < 4.78 is 0. The number of nitrogens with one attached hydrogen (secondary N) is 2. The number of pyridine rings is 1. The van der Waals surface area contributed by atoms with Gasteiger partial charge in [0.25, 0.3) is 0 Å². The molecule has 0 bridgehead atoms. The Labute approximate surface area is 204 Å². The minimum Gasteiger partial charge on any atom is -0.384 e. The second-order valence-corrected chi connectivity index (χ2v) is 9.22. The lowest BCUT2D eigenvalue weighted by atomic mass is 9.88. The van der Waals surface area contributed by atoms with E-state index in [1.165, 1.54) is 22.3 Å². The van der Waals surface area contributed by atoms with Crippen molar-refractivity contribution in [3.8, 4) is 0 Å². The Balaban J connectivity index is 1.26. The Hall–Kier alpha value is -4.03. The van der Waals surface area contributed by atoms with Crippen LogP contribution in [-0.2, 0) is 0 Å². The van der Waals surface area contributed by atoms with E-state index >= 15 is 0 Å². The van der Waals surface area contributed by atoms with Gasteiger partial charge in [-0.05, 0) is 53.3 Å². The van der Waals surface area contributed by atoms with Gasteiger partial charge in [0, 0.05) is 17.9 Å². The highest BCUT2D eigenvalue weighted by Gasteiger charge is 2.31. The fourth-order valence-electron chi connectivity index (χ4n) is 5.56. The smallest absolute Gasteiger partial charge is 0.203 e. The van der Waals surface area contributed by atoms with E-state index in [4.69, 9.17) is 5.73 Å². The molecule has 4 N–H and O–H groups in total. The second-order valence-electron chi connectivity index (χ2n) is 9.22. The molecular weight excluding hydrogens is 432 g/mol. The van der Waals surface area contributed by atoms with E-state index in [1.807, 2.05) is 12.1 Å². The standard InChI is InChI=1S/C29H28N6/c30-27-18-25(28-29(32-27)34-35-33-28)21(19-9-3-1-4-10-19)15-16-31-26-17-24(20-11-5-2-6-12-20)22-13-7-8-14-23(22)26/h1-14,18,21,24,26,31H,15-17H2,(H3,30,32,33,34,35)/t21?,24-,26-/m1/s1. The Morgan fingerprint density at radius 2 is 1.60 bits per heavy atom. The number of nitrogens with two attached hydrogens (primary N) is 1. The Bertz CT molecular complexity index is 1430. The molecule has 0 radical (unpaired) electrons. The zero-order valence-corrected chi connectivity index (χ0v) is 19.4. The van der Waals surface area contributed by atoms with Gasteiger partial charge in [0.1, 0.15) is 11.3 Å². The van der Waals surface area contributed by atoms with Crippen LogP contribution in [0.15, 0.2) is 91.0 Å². The van der Waals surface area contributed by atoms with Crippen LogP contribution in [0.2, 0.25) is 0 Å². The molecule has 0 fully saturated rings. The molecule has 6 rings (SSSR count). The Kier molecular flexibility index (Phi) is 5.72. The molecule has 5 aromatic rings. The number of nitrogens with zero attached hydrogens (tertiary/aromatic N) is 3. The maximum absolute atomic E-state index is 6.14. The van der Waals surface area contributed by atoms with E-state index in [1.54, 1.807) is 0 Å². The largest absolute Gasteiger partial charge is 0.384 e. The van der Waals surface area contributed by atoms with Crippen molar-refractivity contribution in [1.29, 1.82) is 0 Å². The highest BCUT2D eigenvalue weighted by atomic mass is 15.3. The van der Waals surface area contributed by atoms with Gasteiger partial charge < -0.3 is 11.1 Å². The molecule has 2 heterocycles. The summed E-state index contributed by atoms with van der Waals surface area (Å²) in [6.07, 6.45) is 1.97. The number of hydrogen-bond acceptors (Lipinski definition) is 5. The lowest BCUT2D eigenvalue weighted by Gasteiger charge is -2.21. The molecule has 3 atom stereocenters. The normalized spacial score (nSPS) is 17.9. The van der Waals surface area contributed by atoms with E-state index < -0.39 is 0 Å². The van der Waals surface area contributed by atoms with Gasteiger partial charge in [-0.15, -0.1) is 5.10 Å². The van der Waals surface area contributed by atoms with E-state index in [0.29, 0.717) is 23.4 Å². The number of H-pyrrole nitrogens is 1. The first-order valence-electron chi connectivity index (χ1n) is 12.2. The predicted molar refractivity (Wildman–Crippen MR) is 139 cm³/mol. The molecule has 174 valence electrons. The third-order valence-corrected chi connectivity index (χ3v) is 7.16. The van der Waals surface area contributed by atoms with Gasteiger partial charge in [-0.2, -0.15) is 10.3 Å². The van der Waals surface area contributed by atoms with E-state index in [9.17, 15) is 0 Å². The molecule has 6 heteroatoms. The van der Waals surface area contributed by atoms with Crippen LogP contribution in [0.3, 0.4) is 0 Å². The van der Waals surface area contributed by atoms with Gasteiger partial charge in [0.2, 0.25) is 5.65 Å². The van der Waals surface area contributed by atoms with Gasteiger partial charge in [-0.3, -0.25) is 0 Å². The van der Waals surface area contributed by atoms with Crippen molar-refractivity contribution in [2.45, 2.75) is 30.7 Å². The molecule has 3 aromatic carbocycles. The SMILES string of the molecule is Nc1cc(C(CCN[C@@H]2C[C@H](c3ccccc3)c3ccccc32)c2ccccc2)c2n[nH]nc2n1. The number of benzene rings is 3. The maximum atomic E-state index is 6.14. The first kappa shape index (κ1) is 21.5. The second kappa shape index (κ2) is 9.31. The van der Waals surface area contributed by atoms with Gasteiger partial charge in [0.05, 0.1) is 0 Å². The molecule has 0 saturated heterocycles. The van der Waals surface area contributed by atoms with Crippen molar-refractivity contribution in [3.05, 3.63) is 119 Å². The summed E-state index contributed by atoms with van der Waals surface area (Å²) in [4.78, 5) is 4.34. The highest BCUT2D eigenvalue weighted by molar-refractivity contribution is 5.77. The van der Waals surface area contributed by atoms with Crippen LogP contribution in [0.1, 0.15) is 58.5 Å². The lowest BCUT2D eigenvalue weighted by molar-refractivity contribution is 0.495. The quantitative estimate of drug-likeness (QED) is 0.306. The van der Waals surface area contributed by atoms with Crippen molar-refractivity contribution in [2.75, 3.05) is 12.3 Å². The predicted octanol–water partition coefficient (Wildman–Crippen LogP) is 5.32. The number of anilines is 1. The summed E-state index contributed by atoms with van der Waals surface area (Å²) in [6, 6.07) is 32.5. The Morgan fingerprint density at radius 3 is 2.40 bits per heavy atom. The lowest BCUT2D eigenvalue weighted by Crippen LogP contribution is -2.22. The van der Waals surface area contributed by atoms with Gasteiger partial charge in [0.15, 0.2) is 0 Å². The number of hydrogen-bond donors (Lipinski definition) is 3. The first-order valence-corrected chi connectivity index (χ1v) is 12.2. The summed E-state index contributed by atoms with van der Waals surface area (Å²) in [5.41, 5.74) is 14.0. The Morgan fingerprint density at radius 1 is 0.886 bits per heavy atom. The molecule has 6 nitrogen and oxygen atoms in total. The fraction of sp³-hybridized carbons (Fsp3) is 0.207. The van der Waals surface area contributed by atoms with Crippen molar-refractivity contribution >= 4 is 17.0 Å². The maximum Gasteiger partial charge on any atom is 0.203 e. The minimum atomic E-state index is 0.128. The molecule has 2 aromatic heterocycles. The number of aromatic amines is 1. The number of rotatable bonds is 7. The monoisotopic (exact) mass is 460 g/mol. The average molecular weight is 461 g/mol. The summed E-state index contributed by atoms with van der Waals surface area (Å²) in [6.45, 7) is 0.863. The first-order chi connectivity index (χ1) is 17.3. The van der Waals surface area contributed by atoms with Crippen LogP contribution in [0.4, 0.5) is 5.82 Å². The fourth-order valence-corrected chi connectivity index (χ4v) is 5.56. The van der Waals surface area contributed by atoms with Crippen LogP contribution >= 0.6 is 0 Å². The summed E-state index contributed by atoms with van der Waals surface area (Å²) >= 11 is 0. The number of aromatic nitrogens is 4. The van der Waals surface area contributed by atoms with E-state index in [-0.39, 0.29) is 5.92 Å². The van der Waals surface area contributed by atoms with Crippen molar-refractivity contribution in [2.24, 2.45) is 0 Å². The number of nitrogen functional groups attached to an aromatic ring is 1. The molecule has 1 aliphatic rings. The number of fused-ring (bicyclic) bond motifs is 2. The molecular formula is C29H28N6. The van der Waals surface area contributed by atoms with Crippen molar-refractivity contribution in [3.63, 3.8) is 0 Å². The van der Waals surface area contributed by atoms with Crippen molar-refractivity contribution in [1.82, 2.24) is 25.7 Å². The van der Waals surface area contributed by atoms with Crippen LogP contribution in [-0.4, -0.2) is 26.9 Å². The van der Waals surface area contributed by atoms with Crippen LogP contribution in [0.5, 0.6) is 0 Å². The zero-order valence-electron chi connectivity index (χ0n) is 19.4. The van der Waals surface area contributed by atoms with Crippen LogP contribution in [0.25, 0.3) is 11.2 Å². The molecule has 0 amide bonds. The molecule has 1 unspecified atom stereocenters. The molecule has 0 aliphatic heterocycles. The topological polar surface area (TPSA) is 92.5 Å². The van der Waals surface area contributed by atoms with Crippen molar-refractivity contribution < 1.29 is 0 Å². The van der Waals surface area contributed by atoms with Crippen LogP contribution < -0.4 is 11.1 Å². The molecule has 1 aliphatic carbocycles. The van der Waals surface area contributed by atoms with Gasteiger partial charge in [-0.25, -0.2) is 4.98 Å². The molecule has 0 saturated carbocycles.